The quantitative estimate of drug-likeness (QED) is 0.0352. The van der Waals surface area contributed by atoms with Crippen LogP contribution >= 0.6 is 0 Å². The van der Waals surface area contributed by atoms with Gasteiger partial charge in [0.2, 0.25) is 0 Å². The number of hydrogen-bond donors (Lipinski definition) is 0. The first-order valence-electron chi connectivity index (χ1n) is 23.1. The minimum Gasteiger partial charge on any atom is -0.462 e. The molecule has 0 aromatic rings. The number of carbonyl (C=O) groups excluding carboxylic acids is 3. The van der Waals surface area contributed by atoms with E-state index in [0.717, 1.165) is 75.5 Å². The Morgan fingerprint density at radius 1 is 0.321 bits per heavy atom. The predicted octanol–water partition coefficient (Wildman–Crippen LogP) is 14.4. The van der Waals surface area contributed by atoms with Gasteiger partial charge < -0.3 is 14.2 Å². The number of ether oxygens (including phenoxy) is 3. The van der Waals surface area contributed by atoms with Crippen LogP contribution in [0.25, 0.3) is 0 Å². The average molecular weight is 751 g/mol. The van der Waals surface area contributed by atoms with Crippen LogP contribution in [0.4, 0.5) is 0 Å². The summed E-state index contributed by atoms with van der Waals surface area (Å²) in [5.41, 5.74) is 0. The van der Waals surface area contributed by atoms with Crippen LogP contribution in [-0.4, -0.2) is 37.2 Å². The maximum Gasteiger partial charge on any atom is 0.306 e. The molecule has 6 heteroatoms. The highest BCUT2D eigenvalue weighted by molar-refractivity contribution is 5.71. The average Bonchev–Trinajstić information content (AvgIpc) is 3.11. The maximum atomic E-state index is 12.7. The van der Waals surface area contributed by atoms with E-state index in [9.17, 15) is 14.4 Å². The largest absolute Gasteiger partial charge is 0.462 e. The van der Waals surface area contributed by atoms with E-state index in [0.29, 0.717) is 19.3 Å². The SMILES string of the molecule is CC(C)CCCCCCCCCCCCCCCCC(=O)OC[C@H](COC(=O)CCCCCCCCC(C)C)OC(=O)CCCCCCCCC(C)C. The van der Waals surface area contributed by atoms with E-state index in [4.69, 9.17) is 14.2 Å². The van der Waals surface area contributed by atoms with Crippen molar-refractivity contribution < 1.29 is 28.6 Å². The summed E-state index contributed by atoms with van der Waals surface area (Å²) in [5.74, 6) is 1.50. The van der Waals surface area contributed by atoms with Crippen molar-refractivity contribution in [3.05, 3.63) is 0 Å². The van der Waals surface area contributed by atoms with Crippen molar-refractivity contribution in [2.45, 2.75) is 253 Å². The summed E-state index contributed by atoms with van der Waals surface area (Å²) in [6, 6.07) is 0. The van der Waals surface area contributed by atoms with Crippen molar-refractivity contribution in [2.24, 2.45) is 17.8 Å². The number of unbranched alkanes of at least 4 members (excludes halogenated alkanes) is 23. The monoisotopic (exact) mass is 751 g/mol. The Bertz CT molecular complexity index is 822. The summed E-state index contributed by atoms with van der Waals surface area (Å²) >= 11 is 0. The molecule has 0 N–H and O–H groups in total. The van der Waals surface area contributed by atoms with Crippen LogP contribution in [0.1, 0.15) is 247 Å². The minimum atomic E-state index is -0.762. The highest BCUT2D eigenvalue weighted by atomic mass is 16.6. The molecule has 0 unspecified atom stereocenters. The zero-order valence-corrected chi connectivity index (χ0v) is 36.3. The predicted molar refractivity (Wildman–Crippen MR) is 224 cm³/mol. The molecule has 0 fully saturated rings. The van der Waals surface area contributed by atoms with Gasteiger partial charge in [0.1, 0.15) is 13.2 Å². The van der Waals surface area contributed by atoms with Gasteiger partial charge >= 0.3 is 17.9 Å². The molecule has 0 aliphatic heterocycles. The molecule has 0 aliphatic rings. The molecule has 0 saturated carbocycles. The normalized spacial score (nSPS) is 12.2. The smallest absolute Gasteiger partial charge is 0.306 e. The Kier molecular flexibility index (Phi) is 37.5. The number of esters is 3. The fourth-order valence-corrected chi connectivity index (χ4v) is 6.88. The van der Waals surface area contributed by atoms with E-state index in [-0.39, 0.29) is 31.1 Å². The summed E-state index contributed by atoms with van der Waals surface area (Å²) < 4.78 is 16.7. The van der Waals surface area contributed by atoms with E-state index in [1.54, 1.807) is 0 Å². The van der Waals surface area contributed by atoms with Crippen molar-refractivity contribution in [1.82, 2.24) is 0 Å². The first-order chi connectivity index (χ1) is 25.6. The van der Waals surface area contributed by atoms with E-state index in [1.807, 2.05) is 0 Å². The zero-order chi connectivity index (χ0) is 39.2. The Morgan fingerprint density at radius 3 is 0.811 bits per heavy atom. The van der Waals surface area contributed by atoms with Gasteiger partial charge in [0.05, 0.1) is 0 Å². The summed E-state index contributed by atoms with van der Waals surface area (Å²) in [7, 11) is 0. The van der Waals surface area contributed by atoms with Crippen molar-refractivity contribution >= 4 is 17.9 Å². The maximum absolute atomic E-state index is 12.7. The van der Waals surface area contributed by atoms with Crippen molar-refractivity contribution in [1.29, 1.82) is 0 Å². The third-order valence-corrected chi connectivity index (χ3v) is 10.4. The van der Waals surface area contributed by atoms with Crippen LogP contribution < -0.4 is 0 Å². The molecule has 0 aliphatic carbocycles. The fraction of sp³-hybridized carbons (Fsp3) is 0.936. The van der Waals surface area contributed by atoms with Gasteiger partial charge in [0, 0.05) is 19.3 Å². The molecular formula is C47H90O6. The molecule has 6 nitrogen and oxygen atoms in total. The third-order valence-electron chi connectivity index (χ3n) is 10.4. The van der Waals surface area contributed by atoms with Crippen LogP contribution in [-0.2, 0) is 28.6 Å². The lowest BCUT2D eigenvalue weighted by atomic mass is 10.0. The Morgan fingerprint density at radius 2 is 0.547 bits per heavy atom. The lowest BCUT2D eigenvalue weighted by Crippen LogP contribution is -2.30. The van der Waals surface area contributed by atoms with Crippen LogP contribution in [0.15, 0.2) is 0 Å². The zero-order valence-electron chi connectivity index (χ0n) is 36.3. The molecule has 1 atom stereocenters. The van der Waals surface area contributed by atoms with Gasteiger partial charge in [0.25, 0.3) is 0 Å². The van der Waals surface area contributed by atoms with Gasteiger partial charge in [0.15, 0.2) is 6.10 Å². The van der Waals surface area contributed by atoms with Gasteiger partial charge in [-0.25, -0.2) is 0 Å². The van der Waals surface area contributed by atoms with Crippen molar-refractivity contribution in [3.63, 3.8) is 0 Å². The molecule has 0 radical (unpaired) electrons. The van der Waals surface area contributed by atoms with Crippen molar-refractivity contribution in [3.8, 4) is 0 Å². The molecule has 0 amide bonds. The van der Waals surface area contributed by atoms with E-state index >= 15 is 0 Å². The van der Waals surface area contributed by atoms with Gasteiger partial charge in [-0.05, 0) is 37.0 Å². The lowest BCUT2D eigenvalue weighted by Gasteiger charge is -2.18. The second-order valence-corrected chi connectivity index (χ2v) is 17.5. The fourth-order valence-electron chi connectivity index (χ4n) is 6.88. The Hall–Kier alpha value is -1.59. The Balaban J connectivity index is 4.24. The molecule has 0 spiro atoms. The minimum absolute atomic E-state index is 0.0672. The van der Waals surface area contributed by atoms with Crippen LogP contribution in [0.2, 0.25) is 0 Å². The topological polar surface area (TPSA) is 78.9 Å². The van der Waals surface area contributed by atoms with Crippen LogP contribution in [0.3, 0.4) is 0 Å². The molecule has 0 heterocycles. The molecule has 0 saturated heterocycles. The second-order valence-electron chi connectivity index (χ2n) is 17.5. The summed E-state index contributed by atoms with van der Waals surface area (Å²) in [6.45, 7) is 13.6. The van der Waals surface area contributed by atoms with Crippen molar-refractivity contribution in [2.75, 3.05) is 13.2 Å². The highest BCUT2D eigenvalue weighted by Gasteiger charge is 2.19. The molecule has 0 bridgehead atoms. The molecule has 314 valence electrons. The highest BCUT2D eigenvalue weighted by Crippen LogP contribution is 2.17. The van der Waals surface area contributed by atoms with Gasteiger partial charge in [-0.3, -0.25) is 14.4 Å². The van der Waals surface area contributed by atoms with Gasteiger partial charge in [-0.2, -0.15) is 0 Å². The van der Waals surface area contributed by atoms with E-state index < -0.39 is 6.10 Å². The van der Waals surface area contributed by atoms with Gasteiger partial charge in [-0.15, -0.1) is 0 Å². The van der Waals surface area contributed by atoms with Crippen LogP contribution in [0, 0.1) is 17.8 Å². The first-order valence-corrected chi connectivity index (χ1v) is 23.1. The first kappa shape index (κ1) is 51.4. The van der Waals surface area contributed by atoms with E-state index in [2.05, 4.69) is 41.5 Å². The van der Waals surface area contributed by atoms with E-state index in [1.165, 1.54) is 128 Å². The van der Waals surface area contributed by atoms with Crippen LogP contribution in [0.5, 0.6) is 0 Å². The summed E-state index contributed by atoms with van der Waals surface area (Å²) in [4.78, 5) is 37.6. The molecule has 53 heavy (non-hydrogen) atoms. The molecule has 0 rings (SSSR count). The number of carbonyl (C=O) groups is 3. The standard InChI is InChI=1S/C47H90O6/c1-41(2)33-27-21-15-13-11-9-7-8-10-12-14-16-24-30-36-45(48)51-39-44(53-47(50)38-32-26-20-18-23-29-35-43(5)6)40-52-46(49)37-31-25-19-17-22-28-34-42(3)4/h41-44H,7-40H2,1-6H3/t44-/m1/s1. The number of hydrogen-bond acceptors (Lipinski definition) is 6. The Labute approximate surface area is 329 Å². The molecule has 0 aromatic carbocycles. The lowest BCUT2D eigenvalue weighted by molar-refractivity contribution is -0.167. The number of rotatable bonds is 40. The molecule has 0 aromatic heterocycles. The van der Waals surface area contributed by atoms with Gasteiger partial charge in [-0.1, -0.05) is 208 Å². The summed E-state index contributed by atoms with van der Waals surface area (Å²) in [6.07, 6.45) is 35.5. The summed E-state index contributed by atoms with van der Waals surface area (Å²) in [5, 5.41) is 0. The third kappa shape index (κ3) is 41.4. The second kappa shape index (κ2) is 38.7. The molecular weight excluding hydrogens is 661 g/mol.